The highest BCUT2D eigenvalue weighted by molar-refractivity contribution is 5.77. The summed E-state index contributed by atoms with van der Waals surface area (Å²) in [5.41, 5.74) is 0.562. The Labute approximate surface area is 130 Å². The second-order valence-corrected chi connectivity index (χ2v) is 5.65. The first-order valence-corrected chi connectivity index (χ1v) is 7.13. The monoisotopic (exact) mass is 321 g/mol. The van der Waals surface area contributed by atoms with E-state index in [2.05, 4.69) is 16.0 Å². The number of nitro groups is 2. The zero-order valence-corrected chi connectivity index (χ0v) is 11.9. The first-order valence-electron chi connectivity index (χ1n) is 7.13. The van der Waals surface area contributed by atoms with Gasteiger partial charge in [0.1, 0.15) is 6.04 Å². The molecule has 1 aromatic carbocycles. The van der Waals surface area contributed by atoms with Gasteiger partial charge in [0.25, 0.3) is 6.04 Å². The lowest BCUT2D eigenvalue weighted by Gasteiger charge is -2.35. The minimum atomic E-state index is -1.30. The highest BCUT2D eigenvalue weighted by Gasteiger charge is 2.59. The Bertz CT molecular complexity index is 639. The van der Waals surface area contributed by atoms with Crippen molar-refractivity contribution in [2.75, 3.05) is 5.32 Å². The van der Waals surface area contributed by atoms with Gasteiger partial charge in [-0.1, -0.05) is 18.2 Å². The molecular weight excluding hydrogens is 306 g/mol. The van der Waals surface area contributed by atoms with Crippen LogP contribution in [0.15, 0.2) is 30.3 Å². The minimum absolute atomic E-state index is 0.0330. The molecule has 10 nitrogen and oxygen atoms in total. The van der Waals surface area contributed by atoms with Crippen molar-refractivity contribution >= 4 is 11.7 Å². The number of urea groups is 1. The molecule has 0 bridgehead atoms. The molecule has 10 heteroatoms. The van der Waals surface area contributed by atoms with Crippen molar-refractivity contribution in [3.63, 3.8) is 0 Å². The Morgan fingerprint density at radius 2 is 1.78 bits per heavy atom. The van der Waals surface area contributed by atoms with E-state index in [-0.39, 0.29) is 6.42 Å². The zero-order valence-electron chi connectivity index (χ0n) is 11.9. The number of amides is 2. The number of rotatable bonds is 4. The topological polar surface area (TPSA) is 139 Å². The molecule has 2 amide bonds. The number of nitrogens with zero attached hydrogens (tertiary/aromatic N) is 2. The predicted octanol–water partition coefficient (Wildman–Crippen LogP) is 0.211. The minimum Gasteiger partial charge on any atom is -0.370 e. The average Bonchev–Trinajstić information content (AvgIpc) is 2.86. The van der Waals surface area contributed by atoms with Crippen molar-refractivity contribution in [3.8, 4) is 0 Å². The van der Waals surface area contributed by atoms with E-state index in [0.29, 0.717) is 5.69 Å². The standard InChI is InChI=1S/C13H15N5O5/c19-13-15-8-6-9(17(20)21)11(12(18(22)23)10(8)16-13)14-7-4-2-1-3-5-7/h1-5,8-12,14H,6H2,(H2,15,16,19). The van der Waals surface area contributed by atoms with Crippen LogP contribution in [0, 0.1) is 20.2 Å². The molecule has 2 aliphatic rings. The van der Waals surface area contributed by atoms with Crippen LogP contribution in [0.25, 0.3) is 0 Å². The van der Waals surface area contributed by atoms with E-state index >= 15 is 0 Å². The molecule has 122 valence electrons. The van der Waals surface area contributed by atoms with Gasteiger partial charge >= 0.3 is 6.03 Å². The van der Waals surface area contributed by atoms with Crippen LogP contribution in [-0.4, -0.2) is 46.1 Å². The number of para-hydroxylation sites is 1. The normalized spacial score (nSPS) is 32.3. The number of carbonyl (C=O) groups is 1. The summed E-state index contributed by atoms with van der Waals surface area (Å²) < 4.78 is 0. The first-order chi connectivity index (χ1) is 11.0. The Kier molecular flexibility index (Phi) is 3.72. The molecule has 0 aromatic heterocycles. The maximum atomic E-state index is 11.5. The van der Waals surface area contributed by atoms with E-state index in [1.807, 2.05) is 0 Å². The summed E-state index contributed by atoms with van der Waals surface area (Å²) in [7, 11) is 0. The highest BCUT2D eigenvalue weighted by Crippen LogP contribution is 2.29. The molecule has 5 atom stereocenters. The van der Waals surface area contributed by atoms with Gasteiger partial charge in [0.2, 0.25) is 6.04 Å². The number of hydrogen-bond donors (Lipinski definition) is 3. The SMILES string of the molecule is O=C1NC2CC([N+](=O)[O-])C(Nc3ccccc3)C([N+](=O)[O-])C2N1. The number of benzene rings is 1. The fraction of sp³-hybridized carbons (Fsp3) is 0.462. The lowest BCUT2D eigenvalue weighted by atomic mass is 9.80. The maximum Gasteiger partial charge on any atom is 0.315 e. The summed E-state index contributed by atoms with van der Waals surface area (Å²) in [5.74, 6) is 0. The second kappa shape index (κ2) is 5.71. The van der Waals surface area contributed by atoms with E-state index in [9.17, 15) is 25.0 Å². The van der Waals surface area contributed by atoms with Crippen molar-refractivity contribution in [3.05, 3.63) is 50.6 Å². The van der Waals surface area contributed by atoms with Crippen molar-refractivity contribution in [1.82, 2.24) is 10.6 Å². The van der Waals surface area contributed by atoms with Gasteiger partial charge in [-0.3, -0.25) is 20.2 Å². The molecule has 23 heavy (non-hydrogen) atoms. The van der Waals surface area contributed by atoms with Gasteiger partial charge in [-0.15, -0.1) is 0 Å². The summed E-state index contributed by atoms with van der Waals surface area (Å²) in [6.07, 6.45) is 0.0330. The van der Waals surface area contributed by atoms with Crippen LogP contribution in [0.4, 0.5) is 10.5 Å². The Morgan fingerprint density at radius 1 is 1.09 bits per heavy atom. The van der Waals surface area contributed by atoms with Crippen LogP contribution in [0.2, 0.25) is 0 Å². The molecule has 2 fully saturated rings. The number of nitrogens with one attached hydrogen (secondary N) is 3. The Hall–Kier alpha value is -2.91. The van der Waals surface area contributed by atoms with Gasteiger partial charge < -0.3 is 16.0 Å². The molecule has 3 rings (SSSR count). The molecule has 1 aromatic rings. The summed E-state index contributed by atoms with van der Waals surface area (Å²) in [4.78, 5) is 33.4. The van der Waals surface area contributed by atoms with Gasteiger partial charge in [0.05, 0.1) is 6.04 Å². The van der Waals surface area contributed by atoms with Crippen molar-refractivity contribution in [1.29, 1.82) is 0 Å². The van der Waals surface area contributed by atoms with E-state index in [0.717, 1.165) is 0 Å². The van der Waals surface area contributed by atoms with Gasteiger partial charge in [0.15, 0.2) is 6.04 Å². The fourth-order valence-electron chi connectivity index (χ4n) is 3.33. The molecule has 3 N–H and O–H groups in total. The first kappa shape index (κ1) is 15.0. The van der Waals surface area contributed by atoms with Gasteiger partial charge in [-0.05, 0) is 12.1 Å². The molecule has 5 unspecified atom stereocenters. The lowest BCUT2D eigenvalue weighted by molar-refractivity contribution is -0.572. The average molecular weight is 321 g/mol. The van der Waals surface area contributed by atoms with Crippen LogP contribution in [-0.2, 0) is 0 Å². The van der Waals surface area contributed by atoms with Gasteiger partial charge in [0, 0.05) is 22.0 Å². The van der Waals surface area contributed by atoms with Crippen LogP contribution in [0.3, 0.4) is 0 Å². The van der Waals surface area contributed by atoms with E-state index in [1.165, 1.54) is 0 Å². The zero-order chi connectivity index (χ0) is 16.6. The lowest BCUT2D eigenvalue weighted by Crippen LogP contribution is -2.65. The van der Waals surface area contributed by atoms with E-state index < -0.39 is 46.1 Å². The fourth-order valence-corrected chi connectivity index (χ4v) is 3.33. The maximum absolute atomic E-state index is 11.5. The second-order valence-electron chi connectivity index (χ2n) is 5.65. The molecule has 0 radical (unpaired) electrons. The summed E-state index contributed by atoms with van der Waals surface area (Å²) >= 11 is 0. The van der Waals surface area contributed by atoms with E-state index in [4.69, 9.17) is 0 Å². The third kappa shape index (κ3) is 2.74. The summed E-state index contributed by atoms with van der Waals surface area (Å²) in [6.45, 7) is 0. The molecule has 0 spiro atoms. The third-order valence-electron chi connectivity index (χ3n) is 4.31. The summed E-state index contributed by atoms with van der Waals surface area (Å²) in [5, 5.41) is 30.9. The number of carbonyl (C=O) groups excluding carboxylic acids is 1. The van der Waals surface area contributed by atoms with Crippen molar-refractivity contribution < 1.29 is 14.6 Å². The van der Waals surface area contributed by atoms with Crippen molar-refractivity contribution in [2.24, 2.45) is 0 Å². The van der Waals surface area contributed by atoms with Crippen LogP contribution < -0.4 is 16.0 Å². The third-order valence-corrected chi connectivity index (χ3v) is 4.31. The van der Waals surface area contributed by atoms with Crippen LogP contribution >= 0.6 is 0 Å². The van der Waals surface area contributed by atoms with Gasteiger partial charge in [-0.2, -0.15) is 0 Å². The Morgan fingerprint density at radius 3 is 2.39 bits per heavy atom. The smallest absolute Gasteiger partial charge is 0.315 e. The van der Waals surface area contributed by atoms with Crippen LogP contribution in [0.1, 0.15) is 6.42 Å². The molecule has 1 heterocycles. The van der Waals surface area contributed by atoms with Crippen molar-refractivity contribution in [2.45, 2.75) is 36.6 Å². The van der Waals surface area contributed by atoms with E-state index in [1.54, 1.807) is 30.3 Å². The van der Waals surface area contributed by atoms with Crippen LogP contribution in [0.5, 0.6) is 0 Å². The summed E-state index contributed by atoms with van der Waals surface area (Å²) in [6, 6.07) is 3.17. The molecule has 1 saturated carbocycles. The molecule has 1 aliphatic carbocycles. The molecule has 1 aliphatic heterocycles. The Balaban J connectivity index is 1.95. The van der Waals surface area contributed by atoms with Gasteiger partial charge in [-0.25, -0.2) is 4.79 Å². The quantitative estimate of drug-likeness (QED) is 0.535. The number of fused-ring (bicyclic) bond motifs is 1. The molecule has 1 saturated heterocycles. The largest absolute Gasteiger partial charge is 0.370 e. The molecular formula is C13H15N5O5. The highest BCUT2D eigenvalue weighted by atomic mass is 16.6. The number of anilines is 1. The predicted molar refractivity (Wildman–Crippen MR) is 79.3 cm³/mol. The number of hydrogen-bond acceptors (Lipinski definition) is 6.